The lowest BCUT2D eigenvalue weighted by atomic mass is 9.85. The number of morpholine rings is 1. The molecule has 2 saturated heterocycles. The van der Waals surface area contributed by atoms with E-state index in [4.69, 9.17) is 9.47 Å². The van der Waals surface area contributed by atoms with Crippen LogP contribution in [-0.2, 0) is 9.47 Å². The molecule has 3 rings (SSSR count). The highest BCUT2D eigenvalue weighted by Gasteiger charge is 2.40. The highest BCUT2D eigenvalue weighted by Crippen LogP contribution is 2.32. The standard InChI is InChI=1S/C16H30N2O2/c1-3-15-9-20-13(2)8-18(15)11-16(6-7-19-12-16)10-17-14-4-5-14/h13-15,17H,3-12H2,1-2H3. The van der Waals surface area contributed by atoms with Crippen LogP contribution < -0.4 is 5.32 Å². The third-order valence-electron chi connectivity index (χ3n) is 5.12. The van der Waals surface area contributed by atoms with Crippen molar-refractivity contribution in [2.75, 3.05) is 39.5 Å². The molecule has 0 aromatic heterocycles. The van der Waals surface area contributed by atoms with Gasteiger partial charge in [0.15, 0.2) is 0 Å². The summed E-state index contributed by atoms with van der Waals surface area (Å²) in [5.41, 5.74) is 0.326. The molecule has 20 heavy (non-hydrogen) atoms. The van der Waals surface area contributed by atoms with Gasteiger partial charge in [-0.3, -0.25) is 4.90 Å². The Morgan fingerprint density at radius 1 is 1.35 bits per heavy atom. The average molecular weight is 282 g/mol. The Kier molecular flexibility index (Phi) is 4.65. The zero-order valence-corrected chi connectivity index (χ0v) is 13.1. The van der Waals surface area contributed by atoms with Gasteiger partial charge in [-0.15, -0.1) is 0 Å². The van der Waals surface area contributed by atoms with E-state index in [0.717, 1.165) is 39.0 Å². The normalized spacial score (nSPS) is 39.3. The molecule has 3 unspecified atom stereocenters. The molecule has 2 heterocycles. The predicted octanol–water partition coefficient (Wildman–Crippen LogP) is 1.64. The molecule has 3 fully saturated rings. The van der Waals surface area contributed by atoms with Crippen molar-refractivity contribution in [1.82, 2.24) is 10.2 Å². The number of hydrogen-bond donors (Lipinski definition) is 1. The fourth-order valence-electron chi connectivity index (χ4n) is 3.53. The van der Waals surface area contributed by atoms with Crippen LogP contribution in [-0.4, -0.2) is 62.5 Å². The molecule has 3 atom stereocenters. The van der Waals surface area contributed by atoms with E-state index in [1.165, 1.54) is 32.2 Å². The van der Waals surface area contributed by atoms with E-state index in [0.29, 0.717) is 17.6 Å². The van der Waals surface area contributed by atoms with Crippen molar-refractivity contribution in [1.29, 1.82) is 0 Å². The van der Waals surface area contributed by atoms with Crippen LogP contribution in [0.4, 0.5) is 0 Å². The fraction of sp³-hybridized carbons (Fsp3) is 1.00. The van der Waals surface area contributed by atoms with Gasteiger partial charge in [-0.1, -0.05) is 6.92 Å². The van der Waals surface area contributed by atoms with Crippen molar-refractivity contribution in [3.8, 4) is 0 Å². The SMILES string of the molecule is CCC1COC(C)CN1CC1(CNC2CC2)CCOC1. The molecule has 4 heteroatoms. The van der Waals surface area contributed by atoms with Crippen molar-refractivity contribution in [3.05, 3.63) is 0 Å². The number of ether oxygens (including phenoxy) is 2. The van der Waals surface area contributed by atoms with Crippen LogP contribution in [0.25, 0.3) is 0 Å². The maximum absolute atomic E-state index is 5.83. The monoisotopic (exact) mass is 282 g/mol. The van der Waals surface area contributed by atoms with Gasteiger partial charge in [0.2, 0.25) is 0 Å². The highest BCUT2D eigenvalue weighted by molar-refractivity contribution is 4.94. The molecule has 0 bridgehead atoms. The minimum Gasteiger partial charge on any atom is -0.381 e. The molecule has 0 aromatic rings. The van der Waals surface area contributed by atoms with Gasteiger partial charge in [0.25, 0.3) is 0 Å². The quantitative estimate of drug-likeness (QED) is 0.803. The maximum atomic E-state index is 5.83. The Labute approximate surface area is 123 Å². The Morgan fingerprint density at radius 2 is 2.20 bits per heavy atom. The third-order valence-corrected chi connectivity index (χ3v) is 5.12. The van der Waals surface area contributed by atoms with Gasteiger partial charge >= 0.3 is 0 Å². The van der Waals surface area contributed by atoms with Crippen LogP contribution in [0.1, 0.15) is 39.5 Å². The van der Waals surface area contributed by atoms with Crippen LogP contribution in [0.2, 0.25) is 0 Å². The largest absolute Gasteiger partial charge is 0.381 e. The van der Waals surface area contributed by atoms with Crippen LogP contribution in [0.15, 0.2) is 0 Å². The Bertz CT molecular complexity index is 314. The molecular weight excluding hydrogens is 252 g/mol. The molecule has 1 N–H and O–H groups in total. The molecule has 0 spiro atoms. The van der Waals surface area contributed by atoms with Gasteiger partial charge in [-0.25, -0.2) is 0 Å². The van der Waals surface area contributed by atoms with Crippen molar-refractivity contribution >= 4 is 0 Å². The lowest BCUT2D eigenvalue weighted by Gasteiger charge is -2.43. The van der Waals surface area contributed by atoms with Crippen molar-refractivity contribution in [3.63, 3.8) is 0 Å². The van der Waals surface area contributed by atoms with Gasteiger partial charge in [-0.2, -0.15) is 0 Å². The summed E-state index contributed by atoms with van der Waals surface area (Å²) in [4.78, 5) is 2.66. The number of hydrogen-bond acceptors (Lipinski definition) is 4. The van der Waals surface area contributed by atoms with Gasteiger partial charge in [-0.05, 0) is 32.6 Å². The van der Waals surface area contributed by atoms with Crippen molar-refractivity contribution < 1.29 is 9.47 Å². The van der Waals surface area contributed by atoms with Crippen molar-refractivity contribution in [2.24, 2.45) is 5.41 Å². The summed E-state index contributed by atoms with van der Waals surface area (Å²) < 4.78 is 11.6. The van der Waals surface area contributed by atoms with Gasteiger partial charge in [0.1, 0.15) is 0 Å². The molecule has 116 valence electrons. The van der Waals surface area contributed by atoms with Gasteiger partial charge < -0.3 is 14.8 Å². The fourth-order valence-corrected chi connectivity index (χ4v) is 3.53. The van der Waals surface area contributed by atoms with Crippen LogP contribution >= 0.6 is 0 Å². The van der Waals surface area contributed by atoms with Crippen molar-refractivity contribution in [2.45, 2.75) is 57.7 Å². The van der Waals surface area contributed by atoms with Gasteiger partial charge in [0.05, 0.1) is 19.3 Å². The molecular formula is C16H30N2O2. The van der Waals surface area contributed by atoms with E-state index in [-0.39, 0.29) is 0 Å². The summed E-state index contributed by atoms with van der Waals surface area (Å²) in [6.45, 7) is 10.6. The lowest BCUT2D eigenvalue weighted by molar-refractivity contribution is -0.0698. The average Bonchev–Trinajstić information content (AvgIpc) is 3.17. The molecule has 0 amide bonds. The first-order chi connectivity index (χ1) is 9.71. The molecule has 4 nitrogen and oxygen atoms in total. The van der Waals surface area contributed by atoms with E-state index < -0.39 is 0 Å². The molecule has 1 aliphatic carbocycles. The Balaban J connectivity index is 1.61. The highest BCUT2D eigenvalue weighted by atomic mass is 16.5. The summed E-state index contributed by atoms with van der Waals surface area (Å²) in [6, 6.07) is 1.38. The number of nitrogens with one attached hydrogen (secondary N) is 1. The number of nitrogens with zero attached hydrogens (tertiary/aromatic N) is 1. The molecule has 0 aromatic carbocycles. The molecule has 3 aliphatic rings. The molecule has 2 aliphatic heterocycles. The second-order valence-electron chi connectivity index (χ2n) is 7.09. The molecule has 1 saturated carbocycles. The number of rotatable bonds is 6. The lowest BCUT2D eigenvalue weighted by Crippen LogP contribution is -2.54. The Morgan fingerprint density at radius 3 is 2.85 bits per heavy atom. The van der Waals surface area contributed by atoms with E-state index in [2.05, 4.69) is 24.1 Å². The second kappa shape index (κ2) is 6.30. The van der Waals surface area contributed by atoms with Crippen LogP contribution in [0, 0.1) is 5.41 Å². The Hall–Kier alpha value is -0.160. The summed E-state index contributed by atoms with van der Waals surface area (Å²) >= 11 is 0. The van der Waals surface area contributed by atoms with E-state index >= 15 is 0 Å². The second-order valence-corrected chi connectivity index (χ2v) is 7.09. The first-order valence-electron chi connectivity index (χ1n) is 8.37. The summed E-state index contributed by atoms with van der Waals surface area (Å²) in [7, 11) is 0. The zero-order valence-electron chi connectivity index (χ0n) is 13.1. The van der Waals surface area contributed by atoms with Crippen LogP contribution in [0.3, 0.4) is 0 Å². The van der Waals surface area contributed by atoms with E-state index in [1.54, 1.807) is 0 Å². The third kappa shape index (κ3) is 3.53. The maximum Gasteiger partial charge on any atom is 0.0674 e. The first kappa shape index (κ1) is 14.8. The van der Waals surface area contributed by atoms with Gasteiger partial charge in [0, 0.05) is 43.7 Å². The van der Waals surface area contributed by atoms with E-state index in [1.807, 2.05) is 0 Å². The van der Waals surface area contributed by atoms with E-state index in [9.17, 15) is 0 Å². The summed E-state index contributed by atoms with van der Waals surface area (Å²) in [5.74, 6) is 0. The smallest absolute Gasteiger partial charge is 0.0674 e. The van der Waals surface area contributed by atoms with Crippen LogP contribution in [0.5, 0.6) is 0 Å². The zero-order chi connectivity index (χ0) is 14.0. The first-order valence-corrected chi connectivity index (χ1v) is 8.37. The molecule has 0 radical (unpaired) electrons. The topological polar surface area (TPSA) is 33.7 Å². The summed E-state index contributed by atoms with van der Waals surface area (Å²) in [5, 5.41) is 3.74. The summed E-state index contributed by atoms with van der Waals surface area (Å²) in [6.07, 6.45) is 5.48. The minimum atomic E-state index is 0.326. The predicted molar refractivity (Wildman–Crippen MR) is 80.0 cm³/mol. The minimum absolute atomic E-state index is 0.326.